The standard InChI is InChI=1S/C21H40N6O6/c1-5-12(4)17(20(31)25-14(21(32)33)10-15(24)28)27-19(30)16(11(2)3)26-18(29)13(23)8-6-7-9-22/h11-14,16-17H,5-10,22-23H2,1-4H3,(H2,24,28)(H,25,31)(H,26,29)(H,27,30)(H,32,33). The van der Waals surface area contributed by atoms with E-state index in [0.29, 0.717) is 25.8 Å². The molecule has 0 aliphatic rings. The molecule has 5 atom stereocenters. The van der Waals surface area contributed by atoms with E-state index < -0.39 is 60.2 Å². The van der Waals surface area contributed by atoms with Crippen molar-refractivity contribution in [3.63, 3.8) is 0 Å². The normalized spacial score (nSPS) is 15.6. The number of primary amides is 1. The number of hydrogen-bond donors (Lipinski definition) is 7. The lowest BCUT2D eigenvalue weighted by Gasteiger charge is -2.29. The number of amides is 4. The summed E-state index contributed by atoms with van der Waals surface area (Å²) >= 11 is 0. The maximum atomic E-state index is 13.0. The molecule has 12 heteroatoms. The van der Waals surface area contributed by atoms with Gasteiger partial charge in [0.15, 0.2) is 0 Å². The molecule has 0 saturated heterocycles. The Hall–Kier alpha value is -2.73. The van der Waals surface area contributed by atoms with E-state index in [2.05, 4.69) is 16.0 Å². The number of carbonyl (C=O) groups excluding carboxylic acids is 4. The summed E-state index contributed by atoms with van der Waals surface area (Å²) in [6.45, 7) is 7.47. The van der Waals surface area contributed by atoms with Crippen LogP contribution in [0.2, 0.25) is 0 Å². The molecule has 0 rings (SSSR count). The fraction of sp³-hybridized carbons (Fsp3) is 0.762. The van der Waals surface area contributed by atoms with E-state index in [-0.39, 0.29) is 11.8 Å². The molecule has 0 aliphatic heterocycles. The number of nitrogens with two attached hydrogens (primary N) is 3. The minimum atomic E-state index is -1.52. The molecule has 0 aliphatic carbocycles. The lowest BCUT2D eigenvalue weighted by atomic mass is 9.96. The maximum Gasteiger partial charge on any atom is 0.326 e. The third-order valence-corrected chi connectivity index (χ3v) is 5.37. The van der Waals surface area contributed by atoms with Crippen LogP contribution in [0, 0.1) is 11.8 Å². The molecular formula is C21H40N6O6. The number of rotatable bonds is 16. The van der Waals surface area contributed by atoms with Crippen molar-refractivity contribution in [1.82, 2.24) is 16.0 Å². The fourth-order valence-electron chi connectivity index (χ4n) is 3.04. The molecule has 0 bridgehead atoms. The van der Waals surface area contributed by atoms with Crippen LogP contribution in [0.4, 0.5) is 0 Å². The smallest absolute Gasteiger partial charge is 0.326 e. The van der Waals surface area contributed by atoms with Crippen molar-refractivity contribution in [2.75, 3.05) is 6.54 Å². The van der Waals surface area contributed by atoms with Crippen molar-refractivity contribution in [3.8, 4) is 0 Å². The molecule has 4 amide bonds. The van der Waals surface area contributed by atoms with E-state index >= 15 is 0 Å². The van der Waals surface area contributed by atoms with Crippen LogP contribution in [-0.4, -0.2) is 65.4 Å². The Labute approximate surface area is 194 Å². The lowest BCUT2D eigenvalue weighted by Crippen LogP contribution is -2.60. The molecule has 33 heavy (non-hydrogen) atoms. The predicted molar refractivity (Wildman–Crippen MR) is 122 cm³/mol. The van der Waals surface area contributed by atoms with Crippen LogP contribution in [-0.2, 0) is 24.0 Å². The first kappa shape index (κ1) is 30.3. The second-order valence-electron chi connectivity index (χ2n) is 8.56. The van der Waals surface area contributed by atoms with Crippen LogP contribution in [0.5, 0.6) is 0 Å². The highest BCUT2D eigenvalue weighted by Gasteiger charge is 2.34. The molecular weight excluding hydrogens is 432 g/mol. The topological polar surface area (TPSA) is 220 Å². The summed E-state index contributed by atoms with van der Waals surface area (Å²) in [7, 11) is 0. The average Bonchev–Trinajstić information content (AvgIpc) is 2.73. The van der Waals surface area contributed by atoms with E-state index in [4.69, 9.17) is 17.2 Å². The van der Waals surface area contributed by atoms with Gasteiger partial charge in [-0.05, 0) is 31.2 Å². The Balaban J connectivity index is 5.41. The van der Waals surface area contributed by atoms with Crippen LogP contribution < -0.4 is 33.2 Å². The van der Waals surface area contributed by atoms with Crippen molar-refractivity contribution >= 4 is 29.6 Å². The van der Waals surface area contributed by atoms with Gasteiger partial charge in [-0.2, -0.15) is 0 Å². The van der Waals surface area contributed by atoms with E-state index in [1.54, 1.807) is 27.7 Å². The van der Waals surface area contributed by atoms with Crippen molar-refractivity contribution in [2.45, 2.75) is 84.0 Å². The van der Waals surface area contributed by atoms with Gasteiger partial charge in [0.1, 0.15) is 18.1 Å². The van der Waals surface area contributed by atoms with E-state index in [9.17, 15) is 29.1 Å². The number of carboxylic acid groups (broad SMARTS) is 1. The first-order chi connectivity index (χ1) is 15.3. The summed E-state index contributed by atoms with van der Waals surface area (Å²) in [6.07, 6.45) is 1.74. The van der Waals surface area contributed by atoms with Gasteiger partial charge in [-0.3, -0.25) is 19.2 Å². The maximum absolute atomic E-state index is 13.0. The molecule has 10 N–H and O–H groups in total. The predicted octanol–water partition coefficient (Wildman–Crippen LogP) is -1.44. The largest absolute Gasteiger partial charge is 0.480 e. The first-order valence-electron chi connectivity index (χ1n) is 11.2. The second-order valence-corrected chi connectivity index (χ2v) is 8.56. The van der Waals surface area contributed by atoms with Gasteiger partial charge in [0.05, 0.1) is 12.5 Å². The van der Waals surface area contributed by atoms with Crippen molar-refractivity contribution in [1.29, 1.82) is 0 Å². The summed E-state index contributed by atoms with van der Waals surface area (Å²) in [6, 6.07) is -4.37. The highest BCUT2D eigenvalue weighted by atomic mass is 16.4. The number of aliphatic carboxylic acids is 1. The Morgan fingerprint density at radius 2 is 1.42 bits per heavy atom. The van der Waals surface area contributed by atoms with Gasteiger partial charge >= 0.3 is 5.97 Å². The molecule has 12 nitrogen and oxygen atoms in total. The summed E-state index contributed by atoms with van der Waals surface area (Å²) in [5.74, 6) is -4.85. The van der Waals surface area contributed by atoms with Crippen LogP contribution in [0.1, 0.15) is 59.8 Å². The Morgan fingerprint density at radius 3 is 1.88 bits per heavy atom. The van der Waals surface area contributed by atoms with Crippen LogP contribution in [0.3, 0.4) is 0 Å². The minimum absolute atomic E-state index is 0.313. The fourth-order valence-corrected chi connectivity index (χ4v) is 3.04. The summed E-state index contributed by atoms with van der Waals surface area (Å²) < 4.78 is 0. The summed E-state index contributed by atoms with van der Waals surface area (Å²) in [4.78, 5) is 60.7. The molecule has 0 aromatic carbocycles. The number of unbranched alkanes of at least 4 members (excludes halogenated alkanes) is 1. The first-order valence-corrected chi connectivity index (χ1v) is 11.2. The zero-order valence-corrected chi connectivity index (χ0v) is 19.9. The van der Waals surface area contributed by atoms with E-state index in [1.165, 1.54) is 0 Å². The van der Waals surface area contributed by atoms with Crippen molar-refractivity contribution in [3.05, 3.63) is 0 Å². The zero-order chi connectivity index (χ0) is 25.7. The van der Waals surface area contributed by atoms with Gasteiger partial charge in [0.25, 0.3) is 0 Å². The molecule has 0 heterocycles. The number of carbonyl (C=O) groups is 5. The molecule has 0 spiro atoms. The molecule has 0 radical (unpaired) electrons. The van der Waals surface area contributed by atoms with E-state index in [1.807, 2.05) is 0 Å². The highest BCUT2D eigenvalue weighted by Crippen LogP contribution is 2.11. The number of hydrogen-bond acceptors (Lipinski definition) is 7. The van der Waals surface area contributed by atoms with Crippen LogP contribution >= 0.6 is 0 Å². The minimum Gasteiger partial charge on any atom is -0.480 e. The van der Waals surface area contributed by atoms with Gasteiger partial charge in [0, 0.05) is 0 Å². The Bertz CT molecular complexity index is 686. The van der Waals surface area contributed by atoms with Crippen molar-refractivity contribution < 1.29 is 29.1 Å². The lowest BCUT2D eigenvalue weighted by molar-refractivity contribution is -0.144. The molecule has 5 unspecified atom stereocenters. The Morgan fingerprint density at radius 1 is 0.879 bits per heavy atom. The SMILES string of the molecule is CCC(C)C(NC(=O)C(NC(=O)C(N)CCCCN)C(C)C)C(=O)NC(CC(N)=O)C(=O)O. The molecule has 0 aromatic heterocycles. The third-order valence-electron chi connectivity index (χ3n) is 5.37. The average molecular weight is 473 g/mol. The van der Waals surface area contributed by atoms with Gasteiger partial charge in [-0.1, -0.05) is 40.5 Å². The molecule has 190 valence electrons. The van der Waals surface area contributed by atoms with E-state index in [0.717, 1.165) is 6.42 Å². The van der Waals surface area contributed by atoms with Gasteiger partial charge in [-0.25, -0.2) is 4.79 Å². The number of nitrogens with one attached hydrogen (secondary N) is 3. The zero-order valence-electron chi connectivity index (χ0n) is 19.9. The second kappa shape index (κ2) is 15.2. The monoisotopic (exact) mass is 472 g/mol. The Kier molecular flexibility index (Phi) is 13.9. The molecule has 0 aromatic rings. The number of carboxylic acids is 1. The van der Waals surface area contributed by atoms with Gasteiger partial charge < -0.3 is 38.3 Å². The quantitative estimate of drug-likeness (QED) is 0.131. The highest BCUT2D eigenvalue weighted by molar-refractivity contribution is 5.95. The third kappa shape index (κ3) is 11.1. The van der Waals surface area contributed by atoms with Gasteiger partial charge in [0.2, 0.25) is 23.6 Å². The summed E-state index contributed by atoms with van der Waals surface area (Å²) in [5, 5.41) is 16.7. The molecule has 0 fully saturated rings. The van der Waals surface area contributed by atoms with Crippen LogP contribution in [0.25, 0.3) is 0 Å². The molecule has 0 saturated carbocycles. The summed E-state index contributed by atoms with van der Waals surface area (Å²) in [5.41, 5.74) is 16.4. The van der Waals surface area contributed by atoms with Gasteiger partial charge in [-0.15, -0.1) is 0 Å². The van der Waals surface area contributed by atoms with Crippen molar-refractivity contribution in [2.24, 2.45) is 29.0 Å². The van der Waals surface area contributed by atoms with Crippen LogP contribution in [0.15, 0.2) is 0 Å².